The van der Waals surface area contributed by atoms with E-state index in [1.807, 2.05) is 26.0 Å². The Balaban J connectivity index is 2.38. The van der Waals surface area contributed by atoms with Gasteiger partial charge < -0.3 is 4.74 Å². The van der Waals surface area contributed by atoms with Crippen molar-refractivity contribution < 1.29 is 14.6 Å². The lowest BCUT2D eigenvalue weighted by Gasteiger charge is -2.11. The van der Waals surface area contributed by atoms with Crippen LogP contribution in [0.2, 0.25) is 0 Å². The van der Waals surface area contributed by atoms with Crippen molar-refractivity contribution in [2.75, 3.05) is 6.61 Å². The first-order chi connectivity index (χ1) is 16.3. The van der Waals surface area contributed by atoms with Crippen LogP contribution in [0.3, 0.4) is 0 Å². The molecule has 0 spiro atoms. The van der Waals surface area contributed by atoms with Gasteiger partial charge in [-0.1, -0.05) is 56.8 Å². The molecule has 34 heavy (non-hydrogen) atoms. The van der Waals surface area contributed by atoms with Gasteiger partial charge in [0.1, 0.15) is 16.9 Å². The van der Waals surface area contributed by atoms with Crippen LogP contribution >= 0.6 is 0 Å². The molecule has 0 N–H and O–H groups in total. The normalized spacial score (nSPS) is 10.0. The van der Waals surface area contributed by atoms with Crippen molar-refractivity contribution in [1.29, 1.82) is 0 Å². The monoisotopic (exact) mass is 462 g/mol. The molecular formula is C27H30N2O5. The molecule has 0 aliphatic rings. The summed E-state index contributed by atoms with van der Waals surface area (Å²) in [5, 5.41) is 23.1. The molecule has 0 bridgehead atoms. The van der Waals surface area contributed by atoms with E-state index in [1.165, 1.54) is 32.6 Å². The van der Waals surface area contributed by atoms with E-state index < -0.39 is 9.85 Å². The molecule has 0 aliphatic carbocycles. The molecule has 0 aliphatic heterocycles. The molecule has 0 radical (unpaired) electrons. The summed E-state index contributed by atoms with van der Waals surface area (Å²) in [5.74, 6) is 11.4. The molecule has 0 fully saturated rings. The van der Waals surface area contributed by atoms with Crippen molar-refractivity contribution in [3.8, 4) is 29.4 Å². The highest BCUT2D eigenvalue weighted by Gasteiger charge is 2.22. The Morgan fingerprint density at radius 1 is 0.765 bits per heavy atom. The lowest BCUT2D eigenvalue weighted by molar-refractivity contribution is -0.389. The zero-order chi connectivity index (χ0) is 25.1. The lowest BCUT2D eigenvalue weighted by Crippen LogP contribution is -2.01. The van der Waals surface area contributed by atoms with Crippen LogP contribution < -0.4 is 4.74 Å². The summed E-state index contributed by atoms with van der Waals surface area (Å²) in [6.07, 6.45) is 6.88. The maximum absolute atomic E-state index is 11.6. The van der Waals surface area contributed by atoms with Crippen molar-refractivity contribution in [3.05, 3.63) is 72.3 Å². The number of nitro groups is 2. The van der Waals surface area contributed by atoms with Gasteiger partial charge in [0.05, 0.1) is 22.0 Å². The van der Waals surface area contributed by atoms with Gasteiger partial charge in [-0.15, -0.1) is 5.92 Å². The summed E-state index contributed by atoms with van der Waals surface area (Å²) in [4.78, 5) is 21.9. The summed E-state index contributed by atoms with van der Waals surface area (Å²) in [6, 6.07) is 6.00. The highest BCUT2D eigenvalue weighted by atomic mass is 16.6. The minimum Gasteiger partial charge on any atom is -0.492 e. The first-order valence-corrected chi connectivity index (χ1v) is 11.4. The van der Waals surface area contributed by atoms with Crippen LogP contribution in [0.25, 0.3) is 0 Å². The fourth-order valence-electron chi connectivity index (χ4n) is 3.42. The average molecular weight is 463 g/mol. The minimum absolute atomic E-state index is 0.0149. The second-order valence-corrected chi connectivity index (χ2v) is 8.07. The van der Waals surface area contributed by atoms with Crippen molar-refractivity contribution in [2.45, 2.75) is 66.2 Å². The molecule has 0 saturated heterocycles. The standard InChI is InChI=1S/C27H30N2O5/c1-5-7-8-9-10-11-15-34-27-17-21(4)20(3)16-24(27)14-13-23-19-25(28(30)31)22(12-6-2)18-26(23)29(32)33/h16-19H,5,7-11,15H2,1-4H3. The molecule has 2 rings (SSSR count). The number of nitrogens with zero attached hydrogens (tertiary/aromatic N) is 2. The zero-order valence-corrected chi connectivity index (χ0v) is 20.2. The van der Waals surface area contributed by atoms with E-state index in [0.29, 0.717) is 17.9 Å². The Hall–Kier alpha value is -3.84. The second-order valence-electron chi connectivity index (χ2n) is 8.07. The summed E-state index contributed by atoms with van der Waals surface area (Å²) < 4.78 is 6.00. The molecule has 2 aromatic rings. The number of nitro benzene ring substituents is 2. The first-order valence-electron chi connectivity index (χ1n) is 11.4. The molecule has 0 aromatic heterocycles. The highest BCUT2D eigenvalue weighted by Crippen LogP contribution is 2.29. The van der Waals surface area contributed by atoms with Gasteiger partial charge in [-0.05, 0) is 50.5 Å². The van der Waals surface area contributed by atoms with Crippen LogP contribution in [0.4, 0.5) is 11.4 Å². The predicted octanol–water partition coefficient (Wildman–Crippen LogP) is 6.63. The summed E-state index contributed by atoms with van der Waals surface area (Å²) in [7, 11) is 0. The number of unbranched alkanes of at least 4 members (excludes halogenated alkanes) is 5. The Morgan fingerprint density at radius 2 is 1.29 bits per heavy atom. The van der Waals surface area contributed by atoms with Crippen LogP contribution in [-0.2, 0) is 0 Å². The van der Waals surface area contributed by atoms with Crippen molar-refractivity contribution in [2.24, 2.45) is 0 Å². The van der Waals surface area contributed by atoms with E-state index in [2.05, 4.69) is 30.6 Å². The van der Waals surface area contributed by atoms with Crippen molar-refractivity contribution >= 4 is 11.4 Å². The summed E-state index contributed by atoms with van der Waals surface area (Å²) in [5.41, 5.74) is 1.94. The highest BCUT2D eigenvalue weighted by molar-refractivity contribution is 5.65. The lowest BCUT2D eigenvalue weighted by atomic mass is 10.0. The SMILES string of the molecule is CC#Cc1cc([N+](=O)[O-])c(C#Cc2cc(C)c(C)cc2OCCCCCCCC)cc1[N+](=O)[O-]. The van der Waals surface area contributed by atoms with Gasteiger partial charge in [0.15, 0.2) is 0 Å². The van der Waals surface area contributed by atoms with E-state index in [1.54, 1.807) is 0 Å². The second kappa shape index (κ2) is 13.0. The Morgan fingerprint density at radius 3 is 1.88 bits per heavy atom. The van der Waals surface area contributed by atoms with Crippen LogP contribution in [0.5, 0.6) is 5.75 Å². The van der Waals surface area contributed by atoms with E-state index in [0.717, 1.165) is 36.1 Å². The first kappa shape index (κ1) is 26.4. The number of aryl methyl sites for hydroxylation is 2. The average Bonchev–Trinajstić information content (AvgIpc) is 2.79. The molecule has 0 amide bonds. The van der Waals surface area contributed by atoms with Gasteiger partial charge in [-0.2, -0.15) is 0 Å². The van der Waals surface area contributed by atoms with Gasteiger partial charge >= 0.3 is 0 Å². The third-order valence-electron chi connectivity index (χ3n) is 5.45. The van der Waals surface area contributed by atoms with Crippen LogP contribution in [0.15, 0.2) is 24.3 Å². The topological polar surface area (TPSA) is 95.5 Å². The van der Waals surface area contributed by atoms with E-state index >= 15 is 0 Å². The smallest absolute Gasteiger partial charge is 0.286 e. The minimum atomic E-state index is -0.611. The molecule has 0 atom stereocenters. The number of benzene rings is 2. The number of ether oxygens (including phenoxy) is 1. The Kier molecular flexibility index (Phi) is 10.1. The quantitative estimate of drug-likeness (QED) is 0.171. The van der Waals surface area contributed by atoms with Crippen LogP contribution in [-0.4, -0.2) is 16.5 Å². The van der Waals surface area contributed by atoms with Crippen LogP contribution in [0.1, 0.15) is 80.2 Å². The van der Waals surface area contributed by atoms with E-state index in [-0.39, 0.29) is 22.5 Å². The molecule has 0 heterocycles. The van der Waals surface area contributed by atoms with Gasteiger partial charge in [0.2, 0.25) is 0 Å². The third-order valence-corrected chi connectivity index (χ3v) is 5.45. The third kappa shape index (κ3) is 7.35. The fraction of sp³-hybridized carbons (Fsp3) is 0.407. The fourth-order valence-corrected chi connectivity index (χ4v) is 3.42. The molecule has 178 valence electrons. The van der Waals surface area contributed by atoms with Gasteiger partial charge in [-0.25, -0.2) is 0 Å². The van der Waals surface area contributed by atoms with Crippen LogP contribution in [0, 0.1) is 57.8 Å². The summed E-state index contributed by atoms with van der Waals surface area (Å²) >= 11 is 0. The Labute approximate surface area is 200 Å². The number of hydrogen-bond acceptors (Lipinski definition) is 5. The van der Waals surface area contributed by atoms with Gasteiger partial charge in [0.25, 0.3) is 11.4 Å². The van der Waals surface area contributed by atoms with Crippen molar-refractivity contribution in [3.63, 3.8) is 0 Å². The zero-order valence-electron chi connectivity index (χ0n) is 20.2. The van der Waals surface area contributed by atoms with E-state index in [9.17, 15) is 20.2 Å². The predicted molar refractivity (Wildman–Crippen MR) is 133 cm³/mol. The number of hydrogen-bond donors (Lipinski definition) is 0. The maximum Gasteiger partial charge on any atom is 0.286 e. The van der Waals surface area contributed by atoms with Gasteiger partial charge in [0, 0.05) is 12.1 Å². The summed E-state index contributed by atoms with van der Waals surface area (Å²) in [6.45, 7) is 8.18. The largest absolute Gasteiger partial charge is 0.492 e. The molecular weight excluding hydrogens is 432 g/mol. The molecule has 7 heteroatoms. The molecule has 0 unspecified atom stereocenters. The molecule has 2 aromatic carbocycles. The van der Waals surface area contributed by atoms with Crippen molar-refractivity contribution in [1.82, 2.24) is 0 Å². The van der Waals surface area contributed by atoms with E-state index in [4.69, 9.17) is 4.74 Å². The molecule has 7 nitrogen and oxygen atoms in total. The molecule has 0 saturated carbocycles. The Bertz CT molecular complexity index is 1180. The number of rotatable bonds is 10. The maximum atomic E-state index is 11.6. The van der Waals surface area contributed by atoms with Gasteiger partial charge in [-0.3, -0.25) is 20.2 Å².